The molecule has 2 aromatic heterocycles. The summed E-state index contributed by atoms with van der Waals surface area (Å²) in [6, 6.07) is 15.0. The zero-order valence-corrected chi connectivity index (χ0v) is 24.9. The maximum atomic E-state index is 14.8. The van der Waals surface area contributed by atoms with E-state index in [1.54, 1.807) is 36.4 Å². The van der Waals surface area contributed by atoms with E-state index in [2.05, 4.69) is 9.47 Å². The van der Waals surface area contributed by atoms with E-state index in [0.29, 0.717) is 30.3 Å². The van der Waals surface area contributed by atoms with Gasteiger partial charge in [0.1, 0.15) is 29.7 Å². The number of rotatable bonds is 9. The van der Waals surface area contributed by atoms with Crippen molar-refractivity contribution in [2.45, 2.75) is 44.1 Å². The molecule has 7 rings (SSSR count). The summed E-state index contributed by atoms with van der Waals surface area (Å²) < 4.78 is 28.3. The average Bonchev–Trinajstić information content (AvgIpc) is 3.36. The van der Waals surface area contributed by atoms with Crippen molar-refractivity contribution in [2.75, 3.05) is 19.7 Å². The van der Waals surface area contributed by atoms with E-state index in [1.807, 2.05) is 6.07 Å². The van der Waals surface area contributed by atoms with Crippen LogP contribution in [0.2, 0.25) is 5.02 Å². The first kappa shape index (κ1) is 29.4. The number of piperidine rings is 1. The van der Waals surface area contributed by atoms with Crippen LogP contribution >= 0.6 is 25.1 Å². The van der Waals surface area contributed by atoms with Crippen LogP contribution in [0.5, 0.6) is 5.75 Å². The summed E-state index contributed by atoms with van der Waals surface area (Å²) in [5, 5.41) is 18.9. The highest BCUT2D eigenvalue weighted by Gasteiger charge is 2.61. The molecule has 0 bridgehead atoms. The van der Waals surface area contributed by atoms with Crippen LogP contribution in [-0.4, -0.2) is 56.3 Å². The second-order valence-corrected chi connectivity index (χ2v) is 11.7. The number of benzene rings is 2. The summed E-state index contributed by atoms with van der Waals surface area (Å²) in [5.41, 5.74) is 3.12. The van der Waals surface area contributed by atoms with Crippen molar-refractivity contribution in [1.29, 1.82) is 5.26 Å². The number of carbonyl (C=O) groups is 1. The number of likely N-dealkylation sites (tertiary alicyclic amines) is 1. The number of carboxylic acid groups (broad SMARTS) is 1. The number of ether oxygens (including phenoxy) is 2. The molecule has 2 aliphatic heterocycles. The number of carboxylic acids is 1. The van der Waals surface area contributed by atoms with Gasteiger partial charge in [-0.15, -0.1) is 0 Å². The Bertz CT molecular complexity index is 1770. The summed E-state index contributed by atoms with van der Waals surface area (Å²) in [6.45, 7) is 3.53. The van der Waals surface area contributed by atoms with Crippen molar-refractivity contribution in [3.05, 3.63) is 87.7 Å². The number of aromatic nitrogens is 3. The van der Waals surface area contributed by atoms with Gasteiger partial charge in [0.25, 0.3) is 0 Å². The average molecular weight is 622 g/mol. The van der Waals surface area contributed by atoms with Crippen molar-refractivity contribution in [1.82, 2.24) is 19.4 Å². The Balaban J connectivity index is 0.00000329. The number of nitriles is 1. The molecule has 43 heavy (non-hydrogen) atoms. The predicted molar refractivity (Wildman–Crippen MR) is 161 cm³/mol. The molecule has 9 nitrogen and oxygen atoms in total. The Morgan fingerprint density at radius 3 is 2.79 bits per heavy atom. The van der Waals surface area contributed by atoms with Gasteiger partial charge in [0.15, 0.2) is 0 Å². The summed E-state index contributed by atoms with van der Waals surface area (Å²) in [6.07, 6.45) is 2.04. The highest BCUT2D eigenvalue weighted by Crippen LogP contribution is 2.58. The summed E-state index contributed by atoms with van der Waals surface area (Å²) >= 11 is 6.22. The van der Waals surface area contributed by atoms with Crippen LogP contribution < -0.4 is 4.74 Å². The van der Waals surface area contributed by atoms with Crippen LogP contribution in [0.15, 0.2) is 48.5 Å². The molecule has 1 aliphatic carbocycles. The highest BCUT2D eigenvalue weighted by molar-refractivity contribution is 7.59. The van der Waals surface area contributed by atoms with Crippen LogP contribution in [0.4, 0.5) is 4.39 Å². The Labute approximate surface area is 259 Å². The highest BCUT2D eigenvalue weighted by atomic mass is 35.5. The van der Waals surface area contributed by atoms with Gasteiger partial charge in [-0.05, 0) is 67.3 Å². The number of imidazole rings is 1. The van der Waals surface area contributed by atoms with Crippen molar-refractivity contribution in [3.8, 4) is 11.8 Å². The topological polar surface area (TPSA) is 114 Å². The SMILES string of the molecule is N#Cc1ccc(OCc2nc(C34CC3CN(Cc3nc5ccc(C(=O)O)cc5n3C[C@@H]3CCO3)C4)ccc2F)c(Cl)c1.S. The molecule has 4 aromatic rings. The molecule has 1 N–H and O–H groups in total. The van der Waals surface area contributed by atoms with Gasteiger partial charge < -0.3 is 19.1 Å². The molecule has 0 radical (unpaired) electrons. The molecule has 2 aromatic carbocycles. The Morgan fingerprint density at radius 2 is 2.07 bits per heavy atom. The third-order valence-electron chi connectivity index (χ3n) is 8.69. The Kier molecular flexibility index (Phi) is 7.81. The minimum Gasteiger partial charge on any atom is -0.486 e. The van der Waals surface area contributed by atoms with E-state index in [4.69, 9.17) is 36.3 Å². The molecular formula is C31H29ClFN5O4S. The zero-order chi connectivity index (χ0) is 29.0. The molecule has 2 saturated heterocycles. The lowest BCUT2D eigenvalue weighted by Crippen LogP contribution is -2.33. The summed E-state index contributed by atoms with van der Waals surface area (Å²) in [5.74, 6) is 0.231. The number of fused-ring (bicyclic) bond motifs is 2. The van der Waals surface area contributed by atoms with E-state index in [-0.39, 0.29) is 47.9 Å². The molecule has 1 saturated carbocycles. The van der Waals surface area contributed by atoms with Crippen molar-refractivity contribution in [2.24, 2.45) is 5.92 Å². The Hall–Kier alpha value is -3.69. The number of pyridine rings is 1. The van der Waals surface area contributed by atoms with Gasteiger partial charge >= 0.3 is 5.97 Å². The number of hydrogen-bond donors (Lipinski definition) is 1. The van der Waals surface area contributed by atoms with Crippen molar-refractivity contribution in [3.63, 3.8) is 0 Å². The molecule has 3 aliphatic rings. The van der Waals surface area contributed by atoms with E-state index >= 15 is 0 Å². The lowest BCUT2D eigenvalue weighted by Gasteiger charge is -2.28. The molecule has 3 fully saturated rings. The van der Waals surface area contributed by atoms with Crippen molar-refractivity contribution < 1.29 is 23.8 Å². The molecule has 4 heterocycles. The molecular weight excluding hydrogens is 593 g/mol. The maximum Gasteiger partial charge on any atom is 0.335 e. The number of aromatic carboxylic acids is 1. The molecule has 0 spiro atoms. The third kappa shape index (κ3) is 5.45. The van der Waals surface area contributed by atoms with Gasteiger partial charge in [-0.1, -0.05) is 11.6 Å². The van der Waals surface area contributed by atoms with Crippen LogP contribution in [0.3, 0.4) is 0 Å². The zero-order valence-electron chi connectivity index (χ0n) is 23.1. The smallest absolute Gasteiger partial charge is 0.335 e. The number of nitrogens with zero attached hydrogens (tertiary/aromatic N) is 5. The van der Waals surface area contributed by atoms with E-state index in [9.17, 15) is 14.3 Å². The van der Waals surface area contributed by atoms with E-state index in [0.717, 1.165) is 55.1 Å². The van der Waals surface area contributed by atoms with Gasteiger partial charge in [0, 0.05) is 30.8 Å². The first-order valence-corrected chi connectivity index (χ1v) is 14.3. The largest absolute Gasteiger partial charge is 0.486 e. The van der Waals surface area contributed by atoms with Crippen LogP contribution in [0, 0.1) is 23.1 Å². The van der Waals surface area contributed by atoms with E-state index in [1.165, 1.54) is 12.1 Å². The Morgan fingerprint density at radius 1 is 1.23 bits per heavy atom. The quantitative estimate of drug-likeness (QED) is 0.276. The monoisotopic (exact) mass is 621 g/mol. The fraction of sp³-hybridized carbons (Fsp3) is 0.355. The lowest BCUT2D eigenvalue weighted by molar-refractivity contribution is -0.0591. The normalized spacial score (nSPS) is 22.3. The number of hydrogen-bond acceptors (Lipinski definition) is 7. The summed E-state index contributed by atoms with van der Waals surface area (Å²) in [7, 11) is 0. The third-order valence-corrected chi connectivity index (χ3v) is 8.98. The van der Waals surface area contributed by atoms with Crippen LogP contribution in [0.1, 0.15) is 46.0 Å². The second-order valence-electron chi connectivity index (χ2n) is 11.3. The molecule has 222 valence electrons. The second kappa shape index (κ2) is 11.4. The first-order chi connectivity index (χ1) is 20.3. The van der Waals surface area contributed by atoms with Gasteiger partial charge in [0.2, 0.25) is 0 Å². The predicted octanol–water partition coefficient (Wildman–Crippen LogP) is 5.05. The van der Waals surface area contributed by atoms with Crippen LogP contribution in [-0.2, 0) is 29.8 Å². The van der Waals surface area contributed by atoms with E-state index < -0.39 is 11.8 Å². The maximum absolute atomic E-state index is 14.8. The van der Waals surface area contributed by atoms with Gasteiger partial charge in [-0.3, -0.25) is 9.88 Å². The number of halogens is 2. The molecule has 0 amide bonds. The molecule has 12 heteroatoms. The lowest BCUT2D eigenvalue weighted by atomic mass is 10.0. The summed E-state index contributed by atoms with van der Waals surface area (Å²) in [4.78, 5) is 23.6. The van der Waals surface area contributed by atoms with Gasteiger partial charge in [-0.25, -0.2) is 14.2 Å². The fourth-order valence-electron chi connectivity index (χ4n) is 6.26. The van der Waals surface area contributed by atoms with Gasteiger partial charge in [-0.2, -0.15) is 18.8 Å². The van der Waals surface area contributed by atoms with Crippen LogP contribution in [0.25, 0.3) is 11.0 Å². The first-order valence-electron chi connectivity index (χ1n) is 13.9. The standard InChI is InChI=1S/C31H27ClFN5O4.H2S/c32-22-9-18(12-34)1-5-27(22)42-16-25-23(33)3-6-28(35-25)31-11-20(31)13-37(17-31)15-29-36-24-4-2-19(30(39)40)10-26(24)38(29)14-21-7-8-41-21;/h1-6,9-10,20-21H,7-8,11,13-17H2,(H,39,40);1H2/t20?,21-,31?;/m0./s1. The van der Waals surface area contributed by atoms with Gasteiger partial charge in [0.05, 0.1) is 52.4 Å². The molecule has 3 atom stereocenters. The fourth-order valence-corrected chi connectivity index (χ4v) is 6.50. The minimum atomic E-state index is -0.968. The van der Waals surface area contributed by atoms with Crippen molar-refractivity contribution >= 4 is 42.1 Å². The minimum absolute atomic E-state index is 0. The molecule has 2 unspecified atom stereocenters.